The first kappa shape index (κ1) is 29.1. The molecule has 5 rings (SSSR count). The van der Waals surface area contributed by atoms with Gasteiger partial charge in [0.2, 0.25) is 0 Å². The second-order valence-electron chi connectivity index (χ2n) is 11.8. The quantitative estimate of drug-likeness (QED) is 0.300. The lowest BCUT2D eigenvalue weighted by molar-refractivity contribution is -0.886. The van der Waals surface area contributed by atoms with E-state index in [1.807, 2.05) is 39.2 Å². The molecule has 10 nitrogen and oxygen atoms in total. The second-order valence-corrected chi connectivity index (χ2v) is 11.8. The number of hydrogen-bond donors (Lipinski definition) is 4. The number of rotatable bonds is 6. The van der Waals surface area contributed by atoms with E-state index in [0.717, 1.165) is 10.6 Å². The molecule has 0 saturated carbocycles. The number of nitrogens with zero attached hydrogens (tertiary/aromatic N) is 1. The lowest BCUT2D eigenvalue weighted by Crippen LogP contribution is -3.11. The molecule has 5 N–H and O–H groups in total. The molecule has 2 aromatic carbocycles. The number of nitrogens with two attached hydrogens (primary N) is 1. The first-order valence-corrected chi connectivity index (χ1v) is 13.9. The third kappa shape index (κ3) is 4.28. The number of aliphatic hydroxyl groups excluding tert-OH is 1. The van der Waals surface area contributed by atoms with Crippen LogP contribution in [0.2, 0.25) is 0 Å². The Kier molecular flexibility index (Phi) is 7.22. The molecule has 0 spiro atoms. The minimum absolute atomic E-state index is 0.121. The highest BCUT2D eigenvalue weighted by atomic mass is 16.5. The van der Waals surface area contributed by atoms with Crippen LogP contribution in [0.3, 0.4) is 0 Å². The number of likely N-dealkylation sites (N-methyl/N-ethyl adjacent to an activating group) is 1. The Hall–Kier alpha value is -4.44. The number of anilines is 1. The van der Waals surface area contributed by atoms with E-state index < -0.39 is 40.9 Å². The first-order valence-electron chi connectivity index (χ1n) is 13.9. The van der Waals surface area contributed by atoms with Crippen LogP contribution in [0.15, 0.2) is 53.0 Å². The average Bonchev–Trinajstić information content (AvgIpc) is 2.91. The fourth-order valence-electron chi connectivity index (χ4n) is 7.15. The molecule has 0 bridgehead atoms. The number of quaternary nitrogens is 1. The van der Waals surface area contributed by atoms with Crippen LogP contribution in [0.4, 0.5) is 5.69 Å². The maximum absolute atomic E-state index is 14.4. The number of carbonyl (C=O) groups excluding carboxylic acids is 4. The highest BCUT2D eigenvalue weighted by molar-refractivity contribution is 6.22. The van der Waals surface area contributed by atoms with Gasteiger partial charge in [-0.15, -0.1) is 0 Å². The largest absolute Gasteiger partial charge is 0.507 e. The fourth-order valence-corrected chi connectivity index (χ4v) is 7.15. The summed E-state index contributed by atoms with van der Waals surface area (Å²) in [4.78, 5) is 55.1. The Morgan fingerprint density at radius 1 is 1.12 bits per heavy atom. The number of carbonyl (C=O) groups is 4. The summed E-state index contributed by atoms with van der Waals surface area (Å²) >= 11 is 0. The van der Waals surface area contributed by atoms with Crippen molar-refractivity contribution < 1.29 is 39.0 Å². The summed E-state index contributed by atoms with van der Waals surface area (Å²) in [7, 11) is 8.74. The molecule has 42 heavy (non-hydrogen) atoms. The molecule has 2 aromatic rings. The van der Waals surface area contributed by atoms with Gasteiger partial charge in [0.15, 0.2) is 23.1 Å². The molecular formula is C32H36N3O7+. The molecule has 3 aliphatic carbocycles. The van der Waals surface area contributed by atoms with Crippen LogP contribution >= 0.6 is 0 Å². The predicted octanol–water partition coefficient (Wildman–Crippen LogP) is 1.61. The molecule has 4 unspecified atom stereocenters. The van der Waals surface area contributed by atoms with Gasteiger partial charge in [-0.1, -0.05) is 18.2 Å². The molecule has 3 aliphatic rings. The Bertz CT molecular complexity index is 1620. The van der Waals surface area contributed by atoms with Crippen LogP contribution in [0.1, 0.15) is 39.6 Å². The summed E-state index contributed by atoms with van der Waals surface area (Å²) in [6, 6.07) is 8.07. The Labute approximate surface area is 244 Å². The van der Waals surface area contributed by atoms with Crippen molar-refractivity contribution in [2.45, 2.75) is 25.8 Å². The third-order valence-electron chi connectivity index (χ3n) is 8.91. The number of ether oxygens (including phenoxy) is 1. The Balaban J connectivity index is 1.74. The van der Waals surface area contributed by atoms with Crippen molar-refractivity contribution in [1.29, 1.82) is 0 Å². The molecular weight excluding hydrogens is 538 g/mol. The van der Waals surface area contributed by atoms with E-state index in [0.29, 0.717) is 35.1 Å². The van der Waals surface area contributed by atoms with Gasteiger partial charge in [0.25, 0.3) is 5.91 Å². The maximum atomic E-state index is 14.4. The zero-order chi connectivity index (χ0) is 30.8. The van der Waals surface area contributed by atoms with Crippen molar-refractivity contribution in [1.82, 2.24) is 0 Å². The van der Waals surface area contributed by atoms with Crippen molar-refractivity contribution >= 4 is 28.9 Å². The van der Waals surface area contributed by atoms with E-state index in [2.05, 4.69) is 0 Å². The van der Waals surface area contributed by atoms with Gasteiger partial charge < -0.3 is 30.5 Å². The van der Waals surface area contributed by atoms with Gasteiger partial charge in [0.1, 0.15) is 23.1 Å². The number of fused-ring (bicyclic) bond motifs is 3. The molecule has 0 aliphatic heterocycles. The van der Waals surface area contributed by atoms with Crippen molar-refractivity contribution in [2.24, 2.45) is 23.5 Å². The third-order valence-corrected chi connectivity index (χ3v) is 8.91. The summed E-state index contributed by atoms with van der Waals surface area (Å²) in [6.45, 7) is 1.46. The summed E-state index contributed by atoms with van der Waals surface area (Å²) < 4.78 is 5.79. The number of aliphatic hydroxyl groups is 1. The number of Topliss-reactive ketones (excluding diaryl/α,β-unsaturated/α-hetero) is 3. The number of methoxy groups -OCH3 is 1. The molecule has 10 heteroatoms. The number of allylic oxidation sites excluding steroid dienone is 2. The molecule has 0 aromatic heterocycles. The molecule has 220 valence electrons. The minimum Gasteiger partial charge on any atom is -0.507 e. The zero-order valence-corrected chi connectivity index (χ0v) is 24.6. The van der Waals surface area contributed by atoms with Gasteiger partial charge >= 0.3 is 0 Å². The second kappa shape index (κ2) is 10.4. The number of phenols is 1. The van der Waals surface area contributed by atoms with Crippen LogP contribution < -0.4 is 15.5 Å². The molecule has 0 fully saturated rings. The summed E-state index contributed by atoms with van der Waals surface area (Å²) in [5.74, 6) is -4.49. The van der Waals surface area contributed by atoms with Crippen molar-refractivity contribution in [3.63, 3.8) is 0 Å². The van der Waals surface area contributed by atoms with E-state index in [-0.39, 0.29) is 40.1 Å². The summed E-state index contributed by atoms with van der Waals surface area (Å²) in [5, 5.41) is 22.7. The van der Waals surface area contributed by atoms with Crippen molar-refractivity contribution in [3.05, 3.63) is 69.7 Å². The zero-order valence-electron chi connectivity index (χ0n) is 24.6. The highest BCUT2D eigenvalue weighted by Gasteiger charge is 2.56. The number of hydrogen-bond acceptors (Lipinski definition) is 8. The number of phenolic OH excluding ortho intramolecular Hbond substituents is 1. The van der Waals surface area contributed by atoms with E-state index in [1.54, 1.807) is 24.3 Å². The number of nitrogens with one attached hydrogen (secondary N) is 1. The van der Waals surface area contributed by atoms with E-state index in [9.17, 15) is 29.4 Å². The van der Waals surface area contributed by atoms with Gasteiger partial charge in [0.05, 0.1) is 32.7 Å². The normalized spacial score (nSPS) is 23.4. The standard InChI is InChI=1S/C32H35N3O7/c1-14(36)15-8-7-9-16(10-15)18-13-21(34(2)3)19-11-17-12-20-24(31(42-6)22(17)28(38)23(19)27(18)37)29(39)25(32(33)41)30(40)26(20)35(4)5/h7-10,13,17,20,24,26,37,40H,11-12H2,1-6H3,(H2,33,41)/p+1. The maximum Gasteiger partial charge on any atom is 0.256 e. The van der Waals surface area contributed by atoms with Crippen LogP contribution in [0.5, 0.6) is 5.75 Å². The number of aromatic hydroxyl groups is 1. The average molecular weight is 575 g/mol. The predicted molar refractivity (Wildman–Crippen MR) is 155 cm³/mol. The van der Waals surface area contributed by atoms with Gasteiger partial charge in [-0.2, -0.15) is 0 Å². The minimum atomic E-state index is -1.03. The van der Waals surface area contributed by atoms with E-state index in [1.165, 1.54) is 14.0 Å². The summed E-state index contributed by atoms with van der Waals surface area (Å²) in [6.07, 6.45) is 0.768. The van der Waals surface area contributed by atoms with E-state index in [4.69, 9.17) is 10.5 Å². The van der Waals surface area contributed by atoms with Crippen LogP contribution in [0.25, 0.3) is 11.1 Å². The van der Waals surface area contributed by atoms with E-state index >= 15 is 0 Å². The van der Waals surface area contributed by atoms with Crippen LogP contribution in [0, 0.1) is 17.8 Å². The number of benzene rings is 2. The topological polar surface area (TPSA) is 152 Å². The molecule has 1 amide bonds. The molecule has 0 radical (unpaired) electrons. The number of primary amides is 1. The Morgan fingerprint density at radius 3 is 2.38 bits per heavy atom. The van der Waals surface area contributed by atoms with Crippen LogP contribution in [-0.2, 0) is 20.7 Å². The first-order chi connectivity index (χ1) is 19.8. The van der Waals surface area contributed by atoms with Crippen molar-refractivity contribution in [3.8, 4) is 16.9 Å². The SMILES string of the molecule is COC1=C2C(=O)c3c(O)c(-c4cccc(C(C)=O)c4)cc(N(C)C)c3CC2CC2C1C(=O)C(C(N)=O)=C(O)C2[NH+](C)C. The van der Waals surface area contributed by atoms with Gasteiger partial charge in [0, 0.05) is 42.4 Å². The van der Waals surface area contributed by atoms with Gasteiger partial charge in [-0.25, -0.2) is 0 Å². The monoisotopic (exact) mass is 574 g/mol. The Morgan fingerprint density at radius 2 is 1.81 bits per heavy atom. The molecule has 4 atom stereocenters. The van der Waals surface area contributed by atoms with Gasteiger partial charge in [-0.3, -0.25) is 19.2 Å². The van der Waals surface area contributed by atoms with Gasteiger partial charge in [-0.05, 0) is 48.9 Å². The summed E-state index contributed by atoms with van der Waals surface area (Å²) in [5.41, 5.74) is 8.34. The lowest BCUT2D eigenvalue weighted by Gasteiger charge is -2.45. The molecule has 0 heterocycles. The number of ketones is 3. The van der Waals surface area contributed by atoms with Crippen molar-refractivity contribution in [2.75, 3.05) is 40.2 Å². The smallest absolute Gasteiger partial charge is 0.256 e. The molecule has 0 saturated heterocycles. The van der Waals surface area contributed by atoms with Crippen LogP contribution in [-0.4, -0.2) is 74.8 Å². The lowest BCUT2D eigenvalue weighted by atomic mass is 9.60. The highest BCUT2D eigenvalue weighted by Crippen LogP contribution is 2.52. The fraction of sp³-hybridized carbons (Fsp3) is 0.375. The number of amides is 1.